The summed E-state index contributed by atoms with van der Waals surface area (Å²) in [6, 6.07) is 17.9. The Balaban J connectivity index is 1.21. The van der Waals surface area contributed by atoms with Gasteiger partial charge in [-0.05, 0) is 60.9 Å². The molecule has 2 aromatic carbocycles. The van der Waals surface area contributed by atoms with E-state index in [4.69, 9.17) is 0 Å². The van der Waals surface area contributed by atoms with Crippen LogP contribution in [-0.2, 0) is 27.9 Å². The highest BCUT2D eigenvalue weighted by molar-refractivity contribution is 7.92. The molecule has 1 unspecified atom stereocenters. The van der Waals surface area contributed by atoms with Crippen molar-refractivity contribution < 1.29 is 13.2 Å². The molecule has 2 aromatic rings. The number of hydrogen-bond donors (Lipinski definition) is 1. The smallest absolute Gasteiger partial charge is 0.236 e. The standard InChI is InChI=1S/C28H37N3O3S/c1-23-6-5-16-30(21-23)22-26-11-9-25(10-12-26)20-29-28(32)27-13-17-31(18-14-27)35(33,34)19-15-24-7-3-2-4-8-24/h2-4,7-12,15,19,23,27H,5-6,13-14,16-18,20-22H2,1H3,(H,29,32). The first-order valence-corrected chi connectivity index (χ1v) is 14.2. The van der Waals surface area contributed by atoms with Gasteiger partial charge in [-0.3, -0.25) is 9.69 Å². The summed E-state index contributed by atoms with van der Waals surface area (Å²) in [7, 11) is -3.49. The minimum absolute atomic E-state index is 0.00764. The number of hydrogen-bond acceptors (Lipinski definition) is 4. The first kappa shape index (κ1) is 25.6. The fourth-order valence-electron chi connectivity index (χ4n) is 4.97. The molecule has 0 spiro atoms. The third kappa shape index (κ3) is 7.50. The Bertz CT molecular complexity index is 1090. The van der Waals surface area contributed by atoms with Crippen LogP contribution in [0.15, 0.2) is 60.0 Å². The quantitative estimate of drug-likeness (QED) is 0.595. The molecule has 6 nitrogen and oxygen atoms in total. The Hall–Kier alpha value is -2.48. The molecule has 0 saturated carbocycles. The number of likely N-dealkylation sites (tertiary alicyclic amines) is 1. The summed E-state index contributed by atoms with van der Waals surface area (Å²) in [6.45, 7) is 6.88. The molecule has 7 heteroatoms. The highest BCUT2D eigenvalue weighted by Gasteiger charge is 2.29. The van der Waals surface area contributed by atoms with Crippen LogP contribution in [-0.4, -0.2) is 49.7 Å². The van der Waals surface area contributed by atoms with Crippen molar-refractivity contribution in [2.75, 3.05) is 26.2 Å². The molecule has 2 aliphatic heterocycles. The van der Waals surface area contributed by atoms with Gasteiger partial charge >= 0.3 is 0 Å². The summed E-state index contributed by atoms with van der Waals surface area (Å²) in [5.74, 6) is 0.629. The van der Waals surface area contributed by atoms with Gasteiger partial charge in [-0.15, -0.1) is 0 Å². The Kier molecular flexibility index (Phi) is 8.76. The number of piperidine rings is 2. The van der Waals surface area contributed by atoms with Crippen molar-refractivity contribution in [3.05, 3.63) is 76.7 Å². The molecule has 0 aromatic heterocycles. The highest BCUT2D eigenvalue weighted by atomic mass is 32.2. The Morgan fingerprint density at radius 3 is 2.34 bits per heavy atom. The van der Waals surface area contributed by atoms with Gasteiger partial charge in [0.05, 0.1) is 0 Å². The Morgan fingerprint density at radius 2 is 1.66 bits per heavy atom. The van der Waals surface area contributed by atoms with Crippen molar-refractivity contribution in [2.45, 2.75) is 45.7 Å². The summed E-state index contributed by atoms with van der Waals surface area (Å²) in [5, 5.41) is 4.31. The van der Waals surface area contributed by atoms with Gasteiger partial charge in [0.2, 0.25) is 15.9 Å². The zero-order chi connectivity index (χ0) is 24.7. The van der Waals surface area contributed by atoms with E-state index in [9.17, 15) is 13.2 Å². The number of sulfonamides is 1. The second-order valence-electron chi connectivity index (χ2n) is 9.95. The monoisotopic (exact) mass is 495 g/mol. The zero-order valence-electron chi connectivity index (χ0n) is 20.6. The van der Waals surface area contributed by atoms with Crippen molar-refractivity contribution >= 4 is 22.0 Å². The van der Waals surface area contributed by atoms with Crippen molar-refractivity contribution in [1.29, 1.82) is 0 Å². The van der Waals surface area contributed by atoms with E-state index in [0.717, 1.165) is 23.6 Å². The van der Waals surface area contributed by atoms with Crippen molar-refractivity contribution in [2.24, 2.45) is 11.8 Å². The van der Waals surface area contributed by atoms with Gasteiger partial charge < -0.3 is 5.32 Å². The number of benzene rings is 2. The Morgan fingerprint density at radius 1 is 0.971 bits per heavy atom. The van der Waals surface area contributed by atoms with E-state index in [1.807, 2.05) is 30.3 Å². The number of carbonyl (C=O) groups excluding carboxylic acids is 1. The van der Waals surface area contributed by atoms with E-state index in [1.165, 1.54) is 41.2 Å². The maximum atomic E-state index is 12.7. The lowest BCUT2D eigenvalue weighted by molar-refractivity contribution is -0.126. The number of carbonyl (C=O) groups is 1. The molecule has 0 aliphatic carbocycles. The van der Waals surface area contributed by atoms with Crippen LogP contribution in [0.4, 0.5) is 0 Å². The van der Waals surface area contributed by atoms with Crippen LogP contribution in [0, 0.1) is 11.8 Å². The molecular weight excluding hydrogens is 458 g/mol. The van der Waals surface area contributed by atoms with Gasteiger partial charge in [0, 0.05) is 44.0 Å². The van der Waals surface area contributed by atoms with Crippen LogP contribution < -0.4 is 5.32 Å². The summed E-state index contributed by atoms with van der Waals surface area (Å²) >= 11 is 0. The summed E-state index contributed by atoms with van der Waals surface area (Å²) in [5.41, 5.74) is 3.24. The highest BCUT2D eigenvalue weighted by Crippen LogP contribution is 2.22. The first-order chi connectivity index (χ1) is 16.9. The van der Waals surface area contributed by atoms with E-state index >= 15 is 0 Å². The molecule has 4 rings (SSSR count). The average molecular weight is 496 g/mol. The summed E-state index contributed by atoms with van der Waals surface area (Å²) in [4.78, 5) is 15.2. The molecule has 2 saturated heterocycles. The lowest BCUT2D eigenvalue weighted by Gasteiger charge is -2.30. The van der Waals surface area contributed by atoms with Crippen LogP contribution in [0.2, 0.25) is 0 Å². The van der Waals surface area contributed by atoms with Crippen molar-refractivity contribution in [1.82, 2.24) is 14.5 Å². The maximum Gasteiger partial charge on any atom is 0.236 e. The first-order valence-electron chi connectivity index (χ1n) is 12.7. The molecule has 188 valence electrons. The second-order valence-corrected chi connectivity index (χ2v) is 11.8. The molecule has 0 bridgehead atoms. The molecule has 1 N–H and O–H groups in total. The van der Waals surface area contributed by atoms with Crippen molar-refractivity contribution in [3.8, 4) is 0 Å². The molecule has 2 fully saturated rings. The van der Waals surface area contributed by atoms with Crippen LogP contribution in [0.5, 0.6) is 0 Å². The van der Waals surface area contributed by atoms with Gasteiger partial charge in [0.25, 0.3) is 0 Å². The third-order valence-corrected chi connectivity index (χ3v) is 8.62. The molecule has 0 radical (unpaired) electrons. The minimum Gasteiger partial charge on any atom is -0.352 e. The van der Waals surface area contributed by atoms with Crippen LogP contribution >= 0.6 is 0 Å². The van der Waals surface area contributed by atoms with E-state index < -0.39 is 10.0 Å². The fourth-order valence-corrected chi connectivity index (χ4v) is 6.19. The second kappa shape index (κ2) is 12.0. The molecule has 1 atom stereocenters. The summed E-state index contributed by atoms with van der Waals surface area (Å²) in [6.07, 6.45) is 5.30. The molecule has 1 amide bonds. The van der Waals surface area contributed by atoms with Gasteiger partial charge in [-0.1, -0.05) is 61.5 Å². The third-order valence-electron chi connectivity index (χ3n) is 7.05. The predicted molar refractivity (Wildman–Crippen MR) is 141 cm³/mol. The number of nitrogens with zero attached hydrogens (tertiary/aromatic N) is 2. The average Bonchev–Trinajstić information content (AvgIpc) is 2.88. The van der Waals surface area contributed by atoms with Crippen molar-refractivity contribution in [3.63, 3.8) is 0 Å². The minimum atomic E-state index is -3.49. The Labute approximate surface area is 210 Å². The van der Waals surface area contributed by atoms with Crippen LogP contribution in [0.3, 0.4) is 0 Å². The van der Waals surface area contributed by atoms with Crippen LogP contribution in [0.1, 0.15) is 49.3 Å². The van der Waals surface area contributed by atoms with Gasteiger partial charge in [0.1, 0.15) is 0 Å². The molecule has 2 aliphatic rings. The van der Waals surface area contributed by atoms with Gasteiger partial charge in [-0.25, -0.2) is 8.42 Å². The largest absolute Gasteiger partial charge is 0.352 e. The summed E-state index contributed by atoms with van der Waals surface area (Å²) < 4.78 is 26.8. The van der Waals surface area contributed by atoms with E-state index in [-0.39, 0.29) is 11.8 Å². The van der Waals surface area contributed by atoms with Crippen LogP contribution in [0.25, 0.3) is 6.08 Å². The van der Waals surface area contributed by atoms with E-state index in [0.29, 0.717) is 32.5 Å². The molecule has 35 heavy (non-hydrogen) atoms. The van der Waals surface area contributed by atoms with Gasteiger partial charge in [0.15, 0.2) is 0 Å². The number of nitrogens with one attached hydrogen (secondary N) is 1. The van der Waals surface area contributed by atoms with Gasteiger partial charge in [-0.2, -0.15) is 4.31 Å². The number of amides is 1. The number of rotatable bonds is 8. The zero-order valence-corrected chi connectivity index (χ0v) is 21.4. The maximum absolute atomic E-state index is 12.7. The molecule has 2 heterocycles. The van der Waals surface area contributed by atoms with E-state index in [1.54, 1.807) is 6.08 Å². The topological polar surface area (TPSA) is 69.7 Å². The molecular formula is C28H37N3O3S. The lowest BCUT2D eigenvalue weighted by atomic mass is 9.97. The van der Waals surface area contributed by atoms with E-state index in [2.05, 4.69) is 41.4 Å². The normalized spacial score (nSPS) is 20.8. The predicted octanol–water partition coefficient (Wildman–Crippen LogP) is 4.25. The lowest BCUT2D eigenvalue weighted by Crippen LogP contribution is -2.42. The SMILES string of the molecule is CC1CCCN(Cc2ccc(CNC(=O)C3CCN(S(=O)(=O)C=Cc4ccccc4)CC3)cc2)C1. The fraction of sp³-hybridized carbons (Fsp3) is 0.464.